The van der Waals surface area contributed by atoms with Crippen LogP contribution in [0.1, 0.15) is 43.0 Å². The molecule has 4 aromatic rings. The van der Waals surface area contributed by atoms with Crippen molar-refractivity contribution in [1.82, 2.24) is 24.0 Å². The van der Waals surface area contributed by atoms with Gasteiger partial charge in [-0.2, -0.15) is 0 Å². The molecule has 2 saturated carbocycles. The third kappa shape index (κ3) is 3.59. The van der Waals surface area contributed by atoms with E-state index in [0.717, 1.165) is 53.0 Å². The zero-order valence-corrected chi connectivity index (χ0v) is 22.1. The molecule has 2 N–H and O–H groups in total. The summed E-state index contributed by atoms with van der Waals surface area (Å²) in [6, 6.07) is 9.97. The van der Waals surface area contributed by atoms with Crippen LogP contribution in [0.3, 0.4) is 0 Å². The Kier molecular flexibility index (Phi) is 5.25. The van der Waals surface area contributed by atoms with Gasteiger partial charge in [0.15, 0.2) is 5.82 Å². The number of aryl methyl sites for hydroxylation is 1. The Morgan fingerprint density at radius 2 is 2.05 bits per heavy atom. The first-order valence-corrected chi connectivity index (χ1v) is 13.5. The lowest BCUT2D eigenvalue weighted by molar-refractivity contribution is 0.0725. The number of benzene rings is 1. The van der Waals surface area contributed by atoms with Crippen molar-refractivity contribution < 1.29 is 9.53 Å². The van der Waals surface area contributed by atoms with Gasteiger partial charge in [0.1, 0.15) is 23.1 Å². The molecule has 38 heavy (non-hydrogen) atoms. The molecule has 1 amide bonds. The summed E-state index contributed by atoms with van der Waals surface area (Å²) < 4.78 is 10.2. The normalized spacial score (nSPS) is 23.2. The number of aliphatic imine (C=N–C) groups is 1. The van der Waals surface area contributed by atoms with E-state index in [1.54, 1.807) is 14.0 Å². The van der Waals surface area contributed by atoms with Gasteiger partial charge in [0.25, 0.3) is 5.91 Å². The predicted molar refractivity (Wildman–Crippen MR) is 147 cm³/mol. The average Bonchev–Trinajstić information content (AvgIpc) is 3.48. The molecule has 9 heteroatoms. The average molecular weight is 512 g/mol. The second-order valence-corrected chi connectivity index (χ2v) is 11.2. The number of ether oxygens (including phenoxy) is 1. The predicted octanol–water partition coefficient (Wildman–Crippen LogP) is 4.19. The van der Waals surface area contributed by atoms with Crippen molar-refractivity contribution in [3.8, 4) is 17.3 Å². The number of hydrogen-bond acceptors (Lipinski definition) is 5. The summed E-state index contributed by atoms with van der Waals surface area (Å²) >= 11 is 0. The highest BCUT2D eigenvalue weighted by molar-refractivity contribution is 6.00. The van der Waals surface area contributed by atoms with Gasteiger partial charge in [-0.3, -0.25) is 4.79 Å². The monoisotopic (exact) mass is 511 g/mol. The minimum Gasteiger partial charge on any atom is -0.494 e. The maximum Gasteiger partial charge on any atom is 0.255 e. The molecule has 2 unspecified atom stereocenters. The molecule has 7 rings (SSSR count). The fourth-order valence-electron chi connectivity index (χ4n) is 6.38. The quantitative estimate of drug-likeness (QED) is 0.309. The number of amides is 1. The van der Waals surface area contributed by atoms with E-state index in [1.807, 2.05) is 36.3 Å². The van der Waals surface area contributed by atoms with Crippen molar-refractivity contribution >= 4 is 33.8 Å². The van der Waals surface area contributed by atoms with Crippen LogP contribution in [0.15, 0.2) is 41.5 Å². The van der Waals surface area contributed by atoms with E-state index in [9.17, 15) is 4.79 Å². The molecular formula is C29H33N7O2. The number of carbonyl (C=O) groups excluding carboxylic acids is 1. The van der Waals surface area contributed by atoms with Gasteiger partial charge in [-0.25, -0.2) is 15.0 Å². The maximum absolute atomic E-state index is 13.8. The zero-order valence-electron chi connectivity index (χ0n) is 22.1. The Hall–Kier alpha value is -3.88. The minimum atomic E-state index is -0.196. The van der Waals surface area contributed by atoms with Crippen LogP contribution in [0.5, 0.6) is 5.75 Å². The molecule has 3 aliphatic rings. The van der Waals surface area contributed by atoms with E-state index in [-0.39, 0.29) is 12.1 Å². The maximum atomic E-state index is 13.8. The van der Waals surface area contributed by atoms with Crippen LogP contribution in [-0.4, -0.2) is 55.6 Å². The Balaban J connectivity index is 1.33. The van der Waals surface area contributed by atoms with Crippen LogP contribution < -0.4 is 10.5 Å². The molecule has 3 aromatic heterocycles. The summed E-state index contributed by atoms with van der Waals surface area (Å²) in [7, 11) is 3.65. The summed E-state index contributed by atoms with van der Waals surface area (Å²) in [6.45, 7) is 3.43. The van der Waals surface area contributed by atoms with Crippen LogP contribution >= 0.6 is 0 Å². The molecule has 1 saturated heterocycles. The number of pyridine rings is 1. The van der Waals surface area contributed by atoms with Gasteiger partial charge in [-0.15, -0.1) is 0 Å². The van der Waals surface area contributed by atoms with Crippen molar-refractivity contribution in [2.45, 2.75) is 45.3 Å². The topological polar surface area (TPSA) is 104 Å². The molecule has 1 aromatic carbocycles. The summed E-state index contributed by atoms with van der Waals surface area (Å²) in [5.41, 5.74) is 10.1. The molecule has 0 radical (unpaired) electrons. The van der Waals surface area contributed by atoms with E-state index in [2.05, 4.69) is 31.2 Å². The lowest BCUT2D eigenvalue weighted by Crippen LogP contribution is -2.38. The molecule has 0 spiro atoms. The van der Waals surface area contributed by atoms with Crippen LogP contribution in [0.2, 0.25) is 0 Å². The van der Waals surface area contributed by atoms with Crippen molar-refractivity contribution in [2.75, 3.05) is 13.7 Å². The lowest BCUT2D eigenvalue weighted by atomic mass is 9.75. The van der Waals surface area contributed by atoms with Crippen LogP contribution in [-0.2, 0) is 13.6 Å². The Morgan fingerprint density at radius 1 is 1.21 bits per heavy atom. The number of methoxy groups -OCH3 is 1. The smallest absolute Gasteiger partial charge is 0.255 e. The number of imidazole rings is 1. The van der Waals surface area contributed by atoms with Crippen LogP contribution in [0.25, 0.3) is 33.6 Å². The number of nitrogens with zero attached hydrogens (tertiary/aromatic N) is 6. The van der Waals surface area contributed by atoms with E-state index >= 15 is 0 Å². The van der Waals surface area contributed by atoms with E-state index in [4.69, 9.17) is 15.5 Å². The second kappa shape index (κ2) is 8.58. The van der Waals surface area contributed by atoms with Gasteiger partial charge >= 0.3 is 0 Å². The number of aromatic nitrogens is 4. The molecule has 196 valence electrons. The summed E-state index contributed by atoms with van der Waals surface area (Å²) in [6.07, 6.45) is 6.38. The van der Waals surface area contributed by atoms with E-state index < -0.39 is 0 Å². The highest BCUT2D eigenvalue weighted by Gasteiger charge is 2.49. The fraction of sp³-hybridized carbons (Fsp3) is 0.448. The SMILES string of the molecule is COc1cc(C(=O)N2CC3CC[C@H]3C2/N=C(/C)N)cc2nc(-c3cc4cccnc4n3CC3CC3)n(C)c12. The molecule has 9 nitrogen and oxygen atoms in total. The largest absolute Gasteiger partial charge is 0.494 e. The molecule has 0 bridgehead atoms. The molecule has 2 aliphatic carbocycles. The Morgan fingerprint density at radius 3 is 2.76 bits per heavy atom. The molecule has 3 fully saturated rings. The van der Waals surface area contributed by atoms with Crippen molar-refractivity contribution in [3.05, 3.63) is 42.1 Å². The number of hydrogen-bond donors (Lipinski definition) is 1. The van der Waals surface area contributed by atoms with Gasteiger partial charge < -0.3 is 24.5 Å². The van der Waals surface area contributed by atoms with Gasteiger partial charge in [0.2, 0.25) is 0 Å². The number of likely N-dealkylation sites (tertiary alicyclic amines) is 1. The first-order chi connectivity index (χ1) is 18.4. The van der Waals surface area contributed by atoms with Gasteiger partial charge in [-0.05, 0) is 74.8 Å². The lowest BCUT2D eigenvalue weighted by Gasteiger charge is -2.31. The number of rotatable bonds is 6. The fourth-order valence-corrected chi connectivity index (χ4v) is 6.38. The first kappa shape index (κ1) is 23.3. The Labute approximate surface area is 221 Å². The van der Waals surface area contributed by atoms with Crippen LogP contribution in [0.4, 0.5) is 0 Å². The standard InChI is InChI=1S/C29H33N7O2/c1-16(30)32-27-21-9-8-19(21)15-36(27)29(37)20-11-22-25(24(13-20)38-3)34(2)28(33-22)23-12-18-5-4-10-31-26(18)35(23)14-17-6-7-17/h4-5,10-13,17,19,21,27H,6-9,14-15H2,1-3H3,(H2,30,32)/t19?,21-,27?/m1/s1. The molecular weight excluding hydrogens is 478 g/mol. The van der Waals surface area contributed by atoms with Crippen molar-refractivity contribution in [2.24, 2.45) is 35.5 Å². The third-order valence-corrected chi connectivity index (χ3v) is 8.63. The molecule has 1 aliphatic heterocycles. The highest BCUT2D eigenvalue weighted by Crippen LogP contribution is 2.46. The molecule has 4 heterocycles. The number of nitrogens with two attached hydrogens (primary N) is 1. The number of amidine groups is 1. The molecule has 3 atom stereocenters. The summed E-state index contributed by atoms with van der Waals surface area (Å²) in [5.74, 6) is 3.51. The number of fused-ring (bicyclic) bond motifs is 3. The van der Waals surface area contributed by atoms with Crippen LogP contribution in [0, 0.1) is 17.8 Å². The Bertz CT molecular complexity index is 1610. The van der Waals surface area contributed by atoms with E-state index in [0.29, 0.717) is 41.4 Å². The van der Waals surface area contributed by atoms with Gasteiger partial charge in [0, 0.05) is 43.2 Å². The van der Waals surface area contributed by atoms with Crippen molar-refractivity contribution in [1.29, 1.82) is 0 Å². The second-order valence-electron chi connectivity index (χ2n) is 11.2. The highest BCUT2D eigenvalue weighted by atomic mass is 16.5. The summed E-state index contributed by atoms with van der Waals surface area (Å²) in [4.78, 5) is 30.1. The zero-order chi connectivity index (χ0) is 26.1. The third-order valence-electron chi connectivity index (χ3n) is 8.63. The minimum absolute atomic E-state index is 0.0474. The van der Waals surface area contributed by atoms with Crippen molar-refractivity contribution in [3.63, 3.8) is 0 Å². The van der Waals surface area contributed by atoms with Gasteiger partial charge in [-0.1, -0.05) is 0 Å². The number of carbonyl (C=O) groups is 1. The first-order valence-electron chi connectivity index (χ1n) is 13.5. The summed E-state index contributed by atoms with van der Waals surface area (Å²) in [5, 5.41) is 1.10. The van der Waals surface area contributed by atoms with E-state index in [1.165, 1.54) is 12.8 Å². The van der Waals surface area contributed by atoms with Gasteiger partial charge in [0.05, 0.1) is 24.2 Å².